The number of ether oxygens (including phenoxy) is 2. The summed E-state index contributed by atoms with van der Waals surface area (Å²) in [4.78, 5) is 17.5. The maximum atomic E-state index is 8.36. The number of nitrogens with zero attached hydrogens (tertiary/aromatic N) is 2. The molecule has 0 atom stereocenters. The zero-order chi connectivity index (χ0) is 24.5. The summed E-state index contributed by atoms with van der Waals surface area (Å²) in [5, 5.41) is 9.09. The van der Waals surface area contributed by atoms with E-state index in [9.17, 15) is 0 Å². The molecule has 0 aliphatic rings. The highest BCUT2D eigenvalue weighted by atomic mass is 16.5. The summed E-state index contributed by atoms with van der Waals surface area (Å²) in [6.07, 6.45) is 4.55. The molecular formula is C29H26N2O4. The summed E-state index contributed by atoms with van der Waals surface area (Å²) >= 11 is 0. The Kier molecular flexibility index (Phi) is 7.99. The lowest BCUT2D eigenvalue weighted by atomic mass is 9.97. The second-order valence-electron chi connectivity index (χ2n) is 7.88. The van der Waals surface area contributed by atoms with Gasteiger partial charge in [0, 0.05) is 30.3 Å². The van der Waals surface area contributed by atoms with Crippen molar-refractivity contribution in [2.75, 3.05) is 13.7 Å². The molecule has 6 nitrogen and oxygen atoms in total. The summed E-state index contributed by atoms with van der Waals surface area (Å²) in [5.41, 5.74) is 6.55. The number of aromatic nitrogens is 2. The van der Waals surface area contributed by atoms with Gasteiger partial charge in [-0.1, -0.05) is 48.5 Å². The zero-order valence-corrected chi connectivity index (χ0v) is 19.4. The van der Waals surface area contributed by atoms with Gasteiger partial charge in [0.05, 0.1) is 17.6 Å². The minimum Gasteiger partial charge on any atom is -0.489 e. The Morgan fingerprint density at radius 1 is 0.857 bits per heavy atom. The fourth-order valence-electron chi connectivity index (χ4n) is 3.93. The smallest absolute Gasteiger partial charge is 0.290 e. The predicted octanol–water partition coefficient (Wildman–Crippen LogP) is 5.92. The fourth-order valence-corrected chi connectivity index (χ4v) is 3.93. The van der Waals surface area contributed by atoms with E-state index in [1.165, 1.54) is 5.56 Å². The second kappa shape index (κ2) is 11.7. The number of rotatable bonds is 7. The summed E-state index contributed by atoms with van der Waals surface area (Å²) in [6.45, 7) is 1.01. The van der Waals surface area contributed by atoms with Gasteiger partial charge in [-0.05, 0) is 59.0 Å². The van der Waals surface area contributed by atoms with E-state index in [0.717, 1.165) is 57.3 Å². The monoisotopic (exact) mass is 466 g/mol. The van der Waals surface area contributed by atoms with Crippen molar-refractivity contribution in [3.05, 3.63) is 102 Å². The van der Waals surface area contributed by atoms with E-state index < -0.39 is 0 Å². The van der Waals surface area contributed by atoms with Crippen LogP contribution in [0.25, 0.3) is 32.9 Å². The van der Waals surface area contributed by atoms with Gasteiger partial charge in [-0.25, -0.2) is 0 Å². The van der Waals surface area contributed by atoms with Gasteiger partial charge in [0.1, 0.15) is 12.4 Å². The molecule has 0 aliphatic heterocycles. The lowest BCUT2D eigenvalue weighted by molar-refractivity contribution is -0.122. The molecule has 0 saturated heterocycles. The number of benzene rings is 3. The third-order valence-electron chi connectivity index (χ3n) is 5.65. The Bertz CT molecular complexity index is 1400. The summed E-state index contributed by atoms with van der Waals surface area (Å²) in [5.74, 6) is 0.870. The van der Waals surface area contributed by atoms with E-state index >= 15 is 0 Å². The van der Waals surface area contributed by atoms with Crippen LogP contribution in [-0.4, -0.2) is 35.3 Å². The van der Waals surface area contributed by atoms with Crippen molar-refractivity contribution in [2.45, 2.75) is 13.0 Å². The van der Waals surface area contributed by atoms with Crippen LogP contribution in [0.3, 0.4) is 0 Å². The molecule has 2 aromatic heterocycles. The van der Waals surface area contributed by atoms with Gasteiger partial charge in [-0.3, -0.25) is 14.8 Å². The highest BCUT2D eigenvalue weighted by Gasteiger charge is 2.10. The van der Waals surface area contributed by atoms with Gasteiger partial charge in [-0.15, -0.1) is 0 Å². The molecule has 35 heavy (non-hydrogen) atoms. The topological polar surface area (TPSA) is 81.5 Å². The second-order valence-corrected chi connectivity index (χ2v) is 7.88. The van der Waals surface area contributed by atoms with E-state index in [4.69, 9.17) is 19.4 Å². The van der Waals surface area contributed by atoms with Gasteiger partial charge in [0.15, 0.2) is 0 Å². The van der Waals surface area contributed by atoms with Crippen LogP contribution in [0.5, 0.6) is 5.75 Å². The van der Waals surface area contributed by atoms with Crippen molar-refractivity contribution in [3.63, 3.8) is 0 Å². The predicted molar refractivity (Wildman–Crippen MR) is 138 cm³/mol. The van der Waals surface area contributed by atoms with Crippen LogP contribution in [0.2, 0.25) is 0 Å². The molecule has 0 amide bonds. The van der Waals surface area contributed by atoms with E-state index in [1.807, 2.05) is 36.7 Å². The van der Waals surface area contributed by atoms with Gasteiger partial charge in [0.25, 0.3) is 6.47 Å². The molecule has 6 heteroatoms. The van der Waals surface area contributed by atoms with Crippen LogP contribution in [-0.2, 0) is 22.6 Å². The Hall–Kier alpha value is -4.29. The molecule has 0 unspecified atom stereocenters. The first-order valence-electron chi connectivity index (χ1n) is 11.2. The SMILES string of the molecule is COCCc1ccc(OCc2ccc(-c3cc4cccnc4c4ncccc34)cc2)cc1.O=CO. The van der Waals surface area contributed by atoms with Gasteiger partial charge >= 0.3 is 0 Å². The zero-order valence-electron chi connectivity index (χ0n) is 19.4. The molecule has 5 rings (SSSR count). The average Bonchev–Trinajstić information content (AvgIpc) is 2.92. The maximum Gasteiger partial charge on any atom is 0.290 e. The molecule has 0 spiro atoms. The van der Waals surface area contributed by atoms with Gasteiger partial charge in [0.2, 0.25) is 0 Å². The molecule has 0 saturated carbocycles. The first-order valence-corrected chi connectivity index (χ1v) is 11.2. The van der Waals surface area contributed by atoms with Gasteiger partial charge in [-0.2, -0.15) is 0 Å². The highest BCUT2D eigenvalue weighted by molar-refractivity contribution is 6.10. The number of hydrogen-bond donors (Lipinski definition) is 1. The summed E-state index contributed by atoms with van der Waals surface area (Å²) < 4.78 is 11.1. The number of carboxylic acid groups (broad SMARTS) is 1. The average molecular weight is 467 g/mol. The Balaban J connectivity index is 0.000000917. The van der Waals surface area contributed by atoms with Crippen LogP contribution >= 0.6 is 0 Å². The normalized spacial score (nSPS) is 10.5. The Labute approximate surface area is 203 Å². The third kappa shape index (κ3) is 5.80. The fraction of sp³-hybridized carbons (Fsp3) is 0.138. The maximum absolute atomic E-state index is 8.36. The minimum atomic E-state index is -0.250. The molecule has 0 aliphatic carbocycles. The highest BCUT2D eigenvalue weighted by Crippen LogP contribution is 2.33. The van der Waals surface area contributed by atoms with E-state index in [1.54, 1.807) is 7.11 Å². The lowest BCUT2D eigenvalue weighted by Crippen LogP contribution is -1.97. The number of fused-ring (bicyclic) bond motifs is 3. The largest absolute Gasteiger partial charge is 0.489 e. The molecule has 176 valence electrons. The van der Waals surface area contributed by atoms with Crippen molar-refractivity contribution in [3.8, 4) is 16.9 Å². The van der Waals surface area contributed by atoms with Crippen LogP contribution in [0.4, 0.5) is 0 Å². The van der Waals surface area contributed by atoms with Crippen LogP contribution in [0.15, 0.2) is 91.3 Å². The van der Waals surface area contributed by atoms with Crippen molar-refractivity contribution >= 4 is 28.3 Å². The van der Waals surface area contributed by atoms with Crippen LogP contribution in [0.1, 0.15) is 11.1 Å². The van der Waals surface area contributed by atoms with Crippen LogP contribution in [0, 0.1) is 0 Å². The third-order valence-corrected chi connectivity index (χ3v) is 5.65. The first kappa shape index (κ1) is 23.9. The van der Waals surface area contributed by atoms with Crippen molar-refractivity contribution < 1.29 is 19.4 Å². The number of pyridine rings is 2. The van der Waals surface area contributed by atoms with Gasteiger partial charge < -0.3 is 14.6 Å². The van der Waals surface area contributed by atoms with Crippen LogP contribution < -0.4 is 4.74 Å². The van der Waals surface area contributed by atoms with E-state index in [0.29, 0.717) is 6.61 Å². The summed E-state index contributed by atoms with van der Waals surface area (Å²) in [6, 6.07) is 27.1. The molecular weight excluding hydrogens is 440 g/mol. The van der Waals surface area contributed by atoms with Crippen molar-refractivity contribution in [2.24, 2.45) is 0 Å². The molecule has 0 radical (unpaired) electrons. The van der Waals surface area contributed by atoms with Crippen molar-refractivity contribution in [1.82, 2.24) is 9.97 Å². The molecule has 0 fully saturated rings. The molecule has 5 aromatic rings. The van der Waals surface area contributed by atoms with E-state index in [2.05, 4.69) is 64.6 Å². The Morgan fingerprint density at radius 2 is 1.51 bits per heavy atom. The number of carbonyl (C=O) groups is 1. The molecule has 3 aromatic carbocycles. The first-order chi connectivity index (χ1) is 17.2. The minimum absolute atomic E-state index is 0.250. The number of methoxy groups -OCH3 is 1. The molecule has 2 heterocycles. The molecule has 0 bridgehead atoms. The summed E-state index contributed by atoms with van der Waals surface area (Å²) in [7, 11) is 1.72. The lowest BCUT2D eigenvalue weighted by Gasteiger charge is -2.11. The standard InChI is InChI=1S/C28H24N2O2.CH2O2/c1-31-17-14-20-8-12-24(13-9-20)32-19-21-6-10-22(11-7-21)26-18-23-4-2-15-29-27(23)28-25(26)5-3-16-30-28;2-1-3/h2-13,15-16,18H,14,17,19H2,1H3;1H,(H,2,3). The quantitative estimate of drug-likeness (QED) is 0.237. The van der Waals surface area contributed by atoms with Crippen molar-refractivity contribution in [1.29, 1.82) is 0 Å². The molecule has 1 N–H and O–H groups in total. The Morgan fingerprint density at radius 3 is 2.23 bits per heavy atom. The number of hydrogen-bond acceptors (Lipinski definition) is 5. The van der Waals surface area contributed by atoms with E-state index in [-0.39, 0.29) is 6.47 Å².